The molecule has 1 aromatic carbocycles. The highest BCUT2D eigenvalue weighted by atomic mass is 16.5. The van der Waals surface area contributed by atoms with Gasteiger partial charge in [0.25, 0.3) is 0 Å². The SMILES string of the molecule is COc1cc(CO)ccc1Oc1nccc(C)c1N. The molecule has 0 atom stereocenters. The van der Waals surface area contributed by atoms with E-state index >= 15 is 0 Å². The molecule has 0 aliphatic rings. The van der Waals surface area contributed by atoms with Crippen molar-refractivity contribution in [2.75, 3.05) is 12.8 Å². The van der Waals surface area contributed by atoms with Gasteiger partial charge in [-0.2, -0.15) is 0 Å². The van der Waals surface area contributed by atoms with Gasteiger partial charge in [0, 0.05) is 6.20 Å². The summed E-state index contributed by atoms with van der Waals surface area (Å²) in [7, 11) is 1.54. The first kappa shape index (κ1) is 13.2. The molecule has 2 rings (SSSR count). The van der Waals surface area contributed by atoms with Gasteiger partial charge in [-0.05, 0) is 36.2 Å². The first-order valence-corrected chi connectivity index (χ1v) is 5.82. The van der Waals surface area contributed by atoms with Crippen LogP contribution in [0.1, 0.15) is 11.1 Å². The average molecular weight is 260 g/mol. The predicted octanol–water partition coefficient (Wildman–Crippen LogP) is 2.27. The number of nitrogens with zero attached hydrogens (tertiary/aromatic N) is 1. The number of benzene rings is 1. The molecule has 0 radical (unpaired) electrons. The number of ether oxygens (including phenoxy) is 2. The number of aromatic nitrogens is 1. The number of aryl methyl sites for hydroxylation is 1. The van der Waals surface area contributed by atoms with E-state index in [-0.39, 0.29) is 6.61 Å². The highest BCUT2D eigenvalue weighted by molar-refractivity contribution is 5.56. The number of methoxy groups -OCH3 is 1. The van der Waals surface area contributed by atoms with Gasteiger partial charge in [0.1, 0.15) is 0 Å². The highest BCUT2D eigenvalue weighted by Crippen LogP contribution is 2.34. The summed E-state index contributed by atoms with van der Waals surface area (Å²) in [5.41, 5.74) is 8.05. The molecule has 0 amide bonds. The number of rotatable bonds is 4. The van der Waals surface area contributed by atoms with Crippen molar-refractivity contribution in [1.29, 1.82) is 0 Å². The Balaban J connectivity index is 2.35. The maximum absolute atomic E-state index is 9.09. The van der Waals surface area contributed by atoms with Crippen molar-refractivity contribution in [2.45, 2.75) is 13.5 Å². The number of nitrogens with two attached hydrogens (primary N) is 1. The Morgan fingerprint density at radius 3 is 2.74 bits per heavy atom. The van der Waals surface area contributed by atoms with Gasteiger partial charge in [-0.25, -0.2) is 4.98 Å². The molecule has 5 nitrogen and oxygen atoms in total. The van der Waals surface area contributed by atoms with Crippen molar-refractivity contribution in [1.82, 2.24) is 4.98 Å². The van der Waals surface area contributed by atoms with E-state index < -0.39 is 0 Å². The Kier molecular flexibility index (Phi) is 3.87. The molecule has 0 unspecified atom stereocenters. The molecular formula is C14H16N2O3. The van der Waals surface area contributed by atoms with Crippen LogP contribution in [0.15, 0.2) is 30.5 Å². The summed E-state index contributed by atoms with van der Waals surface area (Å²) < 4.78 is 10.9. The van der Waals surface area contributed by atoms with Crippen LogP contribution >= 0.6 is 0 Å². The standard InChI is InChI=1S/C14H16N2O3/c1-9-5-6-16-14(13(9)15)19-11-4-3-10(8-17)7-12(11)18-2/h3-7,17H,8,15H2,1-2H3. The van der Waals surface area contributed by atoms with E-state index in [2.05, 4.69) is 4.98 Å². The summed E-state index contributed by atoms with van der Waals surface area (Å²) in [4.78, 5) is 4.10. The molecule has 1 heterocycles. The molecule has 100 valence electrons. The third kappa shape index (κ3) is 2.77. The van der Waals surface area contributed by atoms with Gasteiger partial charge in [-0.15, -0.1) is 0 Å². The molecule has 0 spiro atoms. The van der Waals surface area contributed by atoms with Crippen LogP contribution < -0.4 is 15.2 Å². The van der Waals surface area contributed by atoms with Crippen LogP contribution in [0, 0.1) is 6.92 Å². The quantitative estimate of drug-likeness (QED) is 0.881. The van der Waals surface area contributed by atoms with Gasteiger partial charge >= 0.3 is 0 Å². The molecule has 2 aromatic rings. The molecule has 0 saturated carbocycles. The summed E-state index contributed by atoms with van der Waals surface area (Å²) in [6, 6.07) is 6.99. The number of aliphatic hydroxyl groups is 1. The first-order chi connectivity index (χ1) is 9.15. The zero-order valence-electron chi connectivity index (χ0n) is 10.9. The third-order valence-electron chi connectivity index (χ3n) is 2.79. The summed E-state index contributed by atoms with van der Waals surface area (Å²) in [6.45, 7) is 1.83. The van der Waals surface area contributed by atoms with Crippen molar-refractivity contribution in [2.24, 2.45) is 0 Å². The number of hydrogen-bond acceptors (Lipinski definition) is 5. The molecule has 0 fully saturated rings. The fourth-order valence-corrected chi connectivity index (χ4v) is 1.62. The van der Waals surface area contributed by atoms with Crippen LogP contribution in [-0.2, 0) is 6.61 Å². The average Bonchev–Trinajstić information content (AvgIpc) is 2.44. The lowest BCUT2D eigenvalue weighted by Crippen LogP contribution is -1.99. The van der Waals surface area contributed by atoms with E-state index in [4.69, 9.17) is 20.3 Å². The van der Waals surface area contributed by atoms with Crippen molar-refractivity contribution in [3.05, 3.63) is 41.6 Å². The lowest BCUT2D eigenvalue weighted by atomic mass is 10.2. The largest absolute Gasteiger partial charge is 0.493 e. The molecule has 0 aliphatic heterocycles. The Bertz CT molecular complexity index is 585. The minimum absolute atomic E-state index is 0.0541. The smallest absolute Gasteiger partial charge is 0.243 e. The second kappa shape index (κ2) is 5.58. The van der Waals surface area contributed by atoms with Gasteiger partial charge in [-0.3, -0.25) is 0 Å². The first-order valence-electron chi connectivity index (χ1n) is 5.82. The van der Waals surface area contributed by atoms with Crippen molar-refractivity contribution < 1.29 is 14.6 Å². The molecule has 0 aliphatic carbocycles. The lowest BCUT2D eigenvalue weighted by Gasteiger charge is -2.12. The van der Waals surface area contributed by atoms with E-state index in [1.807, 2.05) is 13.0 Å². The topological polar surface area (TPSA) is 77.6 Å². The molecule has 3 N–H and O–H groups in total. The Morgan fingerprint density at radius 1 is 1.26 bits per heavy atom. The number of aliphatic hydroxyl groups excluding tert-OH is 1. The fraction of sp³-hybridized carbons (Fsp3) is 0.214. The number of nitrogen functional groups attached to an aromatic ring is 1. The second-order valence-electron chi connectivity index (χ2n) is 4.09. The fourth-order valence-electron chi connectivity index (χ4n) is 1.62. The van der Waals surface area contributed by atoms with Gasteiger partial charge in [0.05, 0.1) is 19.4 Å². The maximum Gasteiger partial charge on any atom is 0.243 e. The third-order valence-corrected chi connectivity index (χ3v) is 2.79. The van der Waals surface area contributed by atoms with Crippen molar-refractivity contribution in [3.63, 3.8) is 0 Å². The molecule has 0 bridgehead atoms. The number of pyridine rings is 1. The summed E-state index contributed by atoms with van der Waals surface area (Å²) >= 11 is 0. The molecule has 1 aromatic heterocycles. The summed E-state index contributed by atoms with van der Waals surface area (Å²) in [5, 5.41) is 9.09. The molecule has 19 heavy (non-hydrogen) atoms. The summed E-state index contributed by atoms with van der Waals surface area (Å²) in [6.07, 6.45) is 1.63. The minimum Gasteiger partial charge on any atom is -0.493 e. The van der Waals surface area contributed by atoms with Crippen molar-refractivity contribution in [3.8, 4) is 17.4 Å². The Hall–Kier alpha value is -2.27. The van der Waals surface area contributed by atoms with Crippen LogP contribution in [0.4, 0.5) is 5.69 Å². The van der Waals surface area contributed by atoms with Crippen LogP contribution in [0.25, 0.3) is 0 Å². The van der Waals surface area contributed by atoms with E-state index in [0.29, 0.717) is 23.1 Å². The van der Waals surface area contributed by atoms with E-state index in [1.165, 1.54) is 7.11 Å². The van der Waals surface area contributed by atoms with Crippen LogP contribution in [-0.4, -0.2) is 17.2 Å². The highest BCUT2D eigenvalue weighted by Gasteiger charge is 2.10. The number of hydrogen-bond donors (Lipinski definition) is 2. The van der Waals surface area contributed by atoms with Crippen LogP contribution in [0.2, 0.25) is 0 Å². The van der Waals surface area contributed by atoms with E-state index in [0.717, 1.165) is 11.1 Å². The van der Waals surface area contributed by atoms with Crippen LogP contribution in [0.5, 0.6) is 17.4 Å². The zero-order chi connectivity index (χ0) is 13.8. The van der Waals surface area contributed by atoms with Gasteiger partial charge in [0.2, 0.25) is 5.88 Å². The second-order valence-corrected chi connectivity index (χ2v) is 4.09. The maximum atomic E-state index is 9.09. The van der Waals surface area contributed by atoms with Gasteiger partial charge in [0.15, 0.2) is 11.5 Å². The normalized spacial score (nSPS) is 10.3. The Labute approximate surface area is 111 Å². The minimum atomic E-state index is -0.0541. The molecular weight excluding hydrogens is 244 g/mol. The van der Waals surface area contributed by atoms with Crippen molar-refractivity contribution >= 4 is 5.69 Å². The van der Waals surface area contributed by atoms with Crippen LogP contribution in [0.3, 0.4) is 0 Å². The lowest BCUT2D eigenvalue weighted by molar-refractivity contribution is 0.280. The predicted molar refractivity (Wildman–Crippen MR) is 72.4 cm³/mol. The van der Waals surface area contributed by atoms with E-state index in [9.17, 15) is 0 Å². The zero-order valence-corrected chi connectivity index (χ0v) is 10.9. The summed E-state index contributed by atoms with van der Waals surface area (Å²) in [5.74, 6) is 1.37. The van der Waals surface area contributed by atoms with Gasteiger partial charge < -0.3 is 20.3 Å². The number of anilines is 1. The van der Waals surface area contributed by atoms with E-state index in [1.54, 1.807) is 24.4 Å². The molecule has 0 saturated heterocycles. The monoisotopic (exact) mass is 260 g/mol. The Morgan fingerprint density at radius 2 is 2.05 bits per heavy atom. The molecule has 5 heteroatoms. The van der Waals surface area contributed by atoms with Gasteiger partial charge in [-0.1, -0.05) is 6.07 Å².